The van der Waals surface area contributed by atoms with Crippen LogP contribution in [-0.4, -0.2) is 16.3 Å². The normalized spacial score (nSPS) is 21.1. The SMILES string of the molecule is Cn1cc(NC[C@@H]2CC=CCC2)cn1. The van der Waals surface area contributed by atoms with Gasteiger partial charge in [-0.25, -0.2) is 0 Å². The molecule has 1 aliphatic carbocycles. The molecule has 3 nitrogen and oxygen atoms in total. The van der Waals surface area contributed by atoms with Crippen molar-refractivity contribution >= 4 is 5.69 Å². The van der Waals surface area contributed by atoms with Crippen molar-refractivity contribution in [1.82, 2.24) is 9.78 Å². The van der Waals surface area contributed by atoms with Crippen LogP contribution < -0.4 is 5.32 Å². The van der Waals surface area contributed by atoms with Gasteiger partial charge in [0.25, 0.3) is 0 Å². The lowest BCUT2D eigenvalue weighted by Gasteiger charge is -2.17. The first kappa shape index (κ1) is 9.31. The van der Waals surface area contributed by atoms with Crippen LogP contribution in [0.25, 0.3) is 0 Å². The van der Waals surface area contributed by atoms with Gasteiger partial charge in [-0.05, 0) is 25.2 Å². The summed E-state index contributed by atoms with van der Waals surface area (Å²) < 4.78 is 1.82. The van der Waals surface area contributed by atoms with Crippen LogP contribution in [0.1, 0.15) is 19.3 Å². The van der Waals surface area contributed by atoms with E-state index in [1.165, 1.54) is 19.3 Å². The fourth-order valence-corrected chi connectivity index (χ4v) is 1.82. The summed E-state index contributed by atoms with van der Waals surface area (Å²) >= 11 is 0. The number of anilines is 1. The molecule has 0 unspecified atom stereocenters. The van der Waals surface area contributed by atoms with Crippen LogP contribution in [0.3, 0.4) is 0 Å². The van der Waals surface area contributed by atoms with Gasteiger partial charge in [0.15, 0.2) is 0 Å². The van der Waals surface area contributed by atoms with Crippen molar-refractivity contribution < 1.29 is 0 Å². The van der Waals surface area contributed by atoms with Crippen LogP contribution in [-0.2, 0) is 7.05 Å². The van der Waals surface area contributed by atoms with Gasteiger partial charge in [-0.15, -0.1) is 0 Å². The highest BCUT2D eigenvalue weighted by Gasteiger charge is 2.09. The summed E-state index contributed by atoms with van der Waals surface area (Å²) in [4.78, 5) is 0. The molecule has 1 N–H and O–H groups in total. The fraction of sp³-hybridized carbons (Fsp3) is 0.545. The minimum atomic E-state index is 0.792. The third kappa shape index (κ3) is 2.37. The highest BCUT2D eigenvalue weighted by molar-refractivity contribution is 5.37. The minimum absolute atomic E-state index is 0.792. The van der Waals surface area contributed by atoms with Gasteiger partial charge in [0.2, 0.25) is 0 Å². The summed E-state index contributed by atoms with van der Waals surface area (Å²) in [6, 6.07) is 0. The molecule has 0 radical (unpaired) electrons. The van der Waals surface area contributed by atoms with Crippen molar-refractivity contribution in [3.05, 3.63) is 24.5 Å². The van der Waals surface area contributed by atoms with Crippen molar-refractivity contribution in [2.75, 3.05) is 11.9 Å². The molecule has 0 saturated carbocycles. The topological polar surface area (TPSA) is 29.9 Å². The van der Waals surface area contributed by atoms with E-state index in [4.69, 9.17) is 0 Å². The van der Waals surface area contributed by atoms with E-state index < -0.39 is 0 Å². The number of hydrogen-bond acceptors (Lipinski definition) is 2. The van der Waals surface area contributed by atoms with Crippen LogP contribution >= 0.6 is 0 Å². The molecule has 76 valence electrons. The van der Waals surface area contributed by atoms with Crippen LogP contribution in [0.4, 0.5) is 5.69 Å². The number of rotatable bonds is 3. The van der Waals surface area contributed by atoms with E-state index in [-0.39, 0.29) is 0 Å². The molecule has 1 aromatic heterocycles. The zero-order chi connectivity index (χ0) is 9.80. The second kappa shape index (κ2) is 4.31. The van der Waals surface area contributed by atoms with Gasteiger partial charge < -0.3 is 5.32 Å². The van der Waals surface area contributed by atoms with Gasteiger partial charge in [-0.1, -0.05) is 12.2 Å². The van der Waals surface area contributed by atoms with Gasteiger partial charge >= 0.3 is 0 Å². The summed E-state index contributed by atoms with van der Waals surface area (Å²) in [6.45, 7) is 1.07. The van der Waals surface area contributed by atoms with E-state index in [1.807, 2.05) is 24.1 Å². The number of hydrogen-bond donors (Lipinski definition) is 1. The molecular formula is C11H17N3. The molecular weight excluding hydrogens is 174 g/mol. The van der Waals surface area contributed by atoms with Crippen LogP contribution in [0.15, 0.2) is 24.5 Å². The number of aromatic nitrogens is 2. The Morgan fingerprint density at radius 3 is 3.14 bits per heavy atom. The van der Waals surface area contributed by atoms with E-state index >= 15 is 0 Å². The smallest absolute Gasteiger partial charge is 0.0726 e. The maximum absolute atomic E-state index is 4.12. The molecule has 1 heterocycles. The highest BCUT2D eigenvalue weighted by Crippen LogP contribution is 2.18. The zero-order valence-electron chi connectivity index (χ0n) is 8.61. The monoisotopic (exact) mass is 191 g/mol. The molecule has 0 fully saturated rings. The maximum Gasteiger partial charge on any atom is 0.0726 e. The third-order valence-corrected chi connectivity index (χ3v) is 2.68. The van der Waals surface area contributed by atoms with Gasteiger partial charge in [0, 0.05) is 19.8 Å². The van der Waals surface area contributed by atoms with E-state index in [0.29, 0.717) is 0 Å². The highest BCUT2D eigenvalue weighted by atomic mass is 15.3. The summed E-state index contributed by atoms with van der Waals surface area (Å²) in [5.41, 5.74) is 1.13. The van der Waals surface area contributed by atoms with Gasteiger partial charge in [0.1, 0.15) is 0 Å². The number of nitrogens with zero attached hydrogens (tertiary/aromatic N) is 2. The molecule has 0 saturated heterocycles. The van der Waals surface area contributed by atoms with Gasteiger partial charge in [-0.3, -0.25) is 4.68 Å². The van der Waals surface area contributed by atoms with Crippen LogP contribution in [0.5, 0.6) is 0 Å². The first-order valence-electron chi connectivity index (χ1n) is 5.22. The standard InChI is InChI=1S/C11H17N3/c1-14-9-11(8-13-14)12-7-10-5-3-2-4-6-10/h2-3,8-10,12H,4-7H2,1H3/t10-/m1/s1. The van der Waals surface area contributed by atoms with E-state index in [1.54, 1.807) is 0 Å². The lowest BCUT2D eigenvalue weighted by atomic mass is 9.94. The van der Waals surface area contributed by atoms with Gasteiger partial charge in [0.05, 0.1) is 11.9 Å². The Morgan fingerprint density at radius 2 is 2.50 bits per heavy atom. The molecule has 0 amide bonds. The van der Waals surface area contributed by atoms with Crippen LogP contribution in [0.2, 0.25) is 0 Å². The molecule has 2 rings (SSSR count). The Labute approximate surface area is 84.8 Å². The maximum atomic E-state index is 4.12. The summed E-state index contributed by atoms with van der Waals surface area (Å²) in [6.07, 6.45) is 12.2. The Kier molecular flexibility index (Phi) is 2.87. The molecule has 1 atom stereocenters. The predicted octanol–water partition coefficient (Wildman–Crippen LogP) is 2.19. The third-order valence-electron chi connectivity index (χ3n) is 2.68. The quantitative estimate of drug-likeness (QED) is 0.742. The van der Waals surface area contributed by atoms with Crippen molar-refractivity contribution in [2.24, 2.45) is 13.0 Å². The number of allylic oxidation sites excluding steroid dienone is 2. The molecule has 1 aliphatic rings. The summed E-state index contributed by atoms with van der Waals surface area (Å²) in [5.74, 6) is 0.792. The largest absolute Gasteiger partial charge is 0.382 e. The molecule has 0 aliphatic heterocycles. The Balaban J connectivity index is 1.79. The van der Waals surface area contributed by atoms with Crippen molar-refractivity contribution in [1.29, 1.82) is 0 Å². The number of nitrogens with one attached hydrogen (secondary N) is 1. The lowest BCUT2D eigenvalue weighted by molar-refractivity contribution is 0.504. The van der Waals surface area contributed by atoms with E-state index in [0.717, 1.165) is 18.2 Å². The molecule has 1 aromatic rings. The average Bonchev–Trinajstić information content (AvgIpc) is 2.63. The molecule has 3 heteroatoms. The summed E-state index contributed by atoms with van der Waals surface area (Å²) in [5, 5.41) is 7.54. The number of aryl methyl sites for hydroxylation is 1. The zero-order valence-corrected chi connectivity index (χ0v) is 8.61. The van der Waals surface area contributed by atoms with Crippen molar-refractivity contribution in [2.45, 2.75) is 19.3 Å². The second-order valence-electron chi connectivity index (χ2n) is 3.93. The molecule has 0 bridgehead atoms. The average molecular weight is 191 g/mol. The Bertz CT molecular complexity index is 314. The van der Waals surface area contributed by atoms with Crippen molar-refractivity contribution in [3.63, 3.8) is 0 Å². The Morgan fingerprint density at radius 1 is 1.57 bits per heavy atom. The van der Waals surface area contributed by atoms with Gasteiger partial charge in [-0.2, -0.15) is 5.10 Å². The fourth-order valence-electron chi connectivity index (χ4n) is 1.82. The molecule has 0 aromatic carbocycles. The first-order chi connectivity index (χ1) is 6.84. The van der Waals surface area contributed by atoms with E-state index in [2.05, 4.69) is 22.6 Å². The van der Waals surface area contributed by atoms with E-state index in [9.17, 15) is 0 Å². The summed E-state index contributed by atoms with van der Waals surface area (Å²) in [7, 11) is 1.94. The molecule has 14 heavy (non-hydrogen) atoms. The molecule has 0 spiro atoms. The first-order valence-corrected chi connectivity index (χ1v) is 5.22. The predicted molar refractivity (Wildman–Crippen MR) is 58.2 cm³/mol. The van der Waals surface area contributed by atoms with Crippen molar-refractivity contribution in [3.8, 4) is 0 Å². The Hall–Kier alpha value is -1.25. The lowest BCUT2D eigenvalue weighted by Crippen LogP contribution is -2.14. The second-order valence-corrected chi connectivity index (χ2v) is 3.93. The van der Waals surface area contributed by atoms with Crippen LogP contribution in [0, 0.1) is 5.92 Å². The minimum Gasteiger partial charge on any atom is -0.382 e.